The summed E-state index contributed by atoms with van der Waals surface area (Å²) in [6.07, 6.45) is 0.112. The van der Waals surface area contributed by atoms with E-state index < -0.39 is 0 Å². The van der Waals surface area contributed by atoms with Crippen molar-refractivity contribution in [2.75, 3.05) is 18.5 Å². The molecule has 1 aliphatic rings. The number of ether oxygens (including phenoxy) is 2. The van der Waals surface area contributed by atoms with Crippen molar-refractivity contribution in [1.82, 2.24) is 5.16 Å². The van der Waals surface area contributed by atoms with Crippen molar-refractivity contribution in [3.63, 3.8) is 0 Å². The van der Waals surface area contributed by atoms with E-state index >= 15 is 0 Å². The van der Waals surface area contributed by atoms with Gasteiger partial charge in [0.2, 0.25) is 5.91 Å². The van der Waals surface area contributed by atoms with E-state index in [0.29, 0.717) is 46.9 Å². The Labute approximate surface area is 126 Å². The standard InChI is InChI=1S/C14H13ClN2O4/c1-8-4-13(17-21-8)16-14(18)6-9-5-11-12(7-10(9)15)20-3-2-19-11/h4-5,7H,2-3,6H2,1H3,(H,16,17,18). The Kier molecular flexibility index (Phi) is 3.70. The zero-order valence-electron chi connectivity index (χ0n) is 11.3. The summed E-state index contributed by atoms with van der Waals surface area (Å²) < 4.78 is 15.8. The van der Waals surface area contributed by atoms with Crippen LogP contribution < -0.4 is 14.8 Å². The zero-order chi connectivity index (χ0) is 14.8. The maximum Gasteiger partial charge on any atom is 0.230 e. The van der Waals surface area contributed by atoms with E-state index in [1.165, 1.54) is 0 Å². The number of halogens is 1. The molecule has 1 N–H and O–H groups in total. The molecule has 1 aromatic heterocycles. The summed E-state index contributed by atoms with van der Waals surface area (Å²) in [7, 11) is 0. The lowest BCUT2D eigenvalue weighted by Gasteiger charge is -2.19. The van der Waals surface area contributed by atoms with Crippen LogP contribution in [0.2, 0.25) is 5.02 Å². The molecule has 0 atom stereocenters. The highest BCUT2D eigenvalue weighted by atomic mass is 35.5. The first kappa shape index (κ1) is 13.8. The van der Waals surface area contributed by atoms with Crippen LogP contribution in [0, 0.1) is 6.92 Å². The topological polar surface area (TPSA) is 73.6 Å². The Morgan fingerprint density at radius 2 is 2.00 bits per heavy atom. The third kappa shape index (κ3) is 3.11. The number of carbonyl (C=O) groups excluding carboxylic acids is 1. The van der Waals surface area contributed by atoms with Crippen molar-refractivity contribution in [3.8, 4) is 11.5 Å². The molecular weight excluding hydrogens is 296 g/mol. The van der Waals surface area contributed by atoms with Gasteiger partial charge in [0.05, 0.1) is 6.42 Å². The molecule has 0 saturated carbocycles. The van der Waals surface area contributed by atoms with Gasteiger partial charge in [0.1, 0.15) is 19.0 Å². The molecule has 7 heteroatoms. The van der Waals surface area contributed by atoms with Crippen LogP contribution >= 0.6 is 11.6 Å². The quantitative estimate of drug-likeness (QED) is 0.943. The van der Waals surface area contributed by atoms with Crippen molar-refractivity contribution >= 4 is 23.3 Å². The van der Waals surface area contributed by atoms with Crippen molar-refractivity contribution in [2.45, 2.75) is 13.3 Å². The number of hydrogen-bond donors (Lipinski definition) is 1. The SMILES string of the molecule is Cc1cc(NC(=O)Cc2cc3c(cc2Cl)OCCO3)no1. The second kappa shape index (κ2) is 5.65. The van der Waals surface area contributed by atoms with Crippen molar-refractivity contribution in [3.05, 3.63) is 34.5 Å². The minimum absolute atomic E-state index is 0.112. The Balaban J connectivity index is 1.73. The fourth-order valence-electron chi connectivity index (χ4n) is 2.03. The predicted molar refractivity (Wildman–Crippen MR) is 76.0 cm³/mol. The predicted octanol–water partition coefficient (Wildman–Crippen LogP) is 2.59. The summed E-state index contributed by atoms with van der Waals surface area (Å²) in [5.41, 5.74) is 0.665. The summed E-state index contributed by atoms with van der Waals surface area (Å²) >= 11 is 6.16. The lowest BCUT2D eigenvalue weighted by molar-refractivity contribution is -0.115. The molecule has 0 saturated heterocycles. The minimum atomic E-state index is -0.234. The van der Waals surface area contributed by atoms with Gasteiger partial charge in [0.15, 0.2) is 17.3 Å². The van der Waals surface area contributed by atoms with E-state index in [2.05, 4.69) is 10.5 Å². The highest BCUT2D eigenvalue weighted by Crippen LogP contribution is 2.35. The molecule has 3 rings (SSSR count). The molecule has 0 fully saturated rings. The van der Waals surface area contributed by atoms with Gasteiger partial charge in [0, 0.05) is 17.2 Å². The first-order valence-electron chi connectivity index (χ1n) is 6.43. The molecular formula is C14H13ClN2O4. The van der Waals surface area contributed by atoms with Crippen LogP contribution in [-0.2, 0) is 11.2 Å². The second-order valence-corrected chi connectivity index (χ2v) is 5.04. The summed E-state index contributed by atoms with van der Waals surface area (Å²) in [4.78, 5) is 12.0. The number of fused-ring (bicyclic) bond motifs is 1. The van der Waals surface area contributed by atoms with E-state index in [1.807, 2.05) is 0 Å². The smallest absolute Gasteiger partial charge is 0.230 e. The second-order valence-electron chi connectivity index (χ2n) is 4.64. The normalized spacial score (nSPS) is 13.0. The zero-order valence-corrected chi connectivity index (χ0v) is 12.1. The van der Waals surface area contributed by atoms with Gasteiger partial charge >= 0.3 is 0 Å². The Hall–Kier alpha value is -2.21. The number of nitrogens with zero attached hydrogens (tertiary/aromatic N) is 1. The molecule has 1 amide bonds. The van der Waals surface area contributed by atoms with Crippen molar-refractivity contribution in [1.29, 1.82) is 0 Å². The van der Waals surface area contributed by atoms with E-state index in [0.717, 1.165) is 0 Å². The Bertz CT molecular complexity index is 684. The van der Waals surface area contributed by atoms with Gasteiger partial charge in [-0.3, -0.25) is 4.79 Å². The maximum absolute atomic E-state index is 12.0. The number of anilines is 1. The number of carbonyl (C=O) groups is 1. The lowest BCUT2D eigenvalue weighted by Crippen LogP contribution is -2.17. The fourth-order valence-corrected chi connectivity index (χ4v) is 2.25. The highest BCUT2D eigenvalue weighted by Gasteiger charge is 2.17. The molecule has 0 spiro atoms. The van der Waals surface area contributed by atoms with Crippen LogP contribution in [0.5, 0.6) is 11.5 Å². The van der Waals surface area contributed by atoms with E-state index in [9.17, 15) is 4.79 Å². The molecule has 0 bridgehead atoms. The van der Waals surface area contributed by atoms with E-state index in [4.69, 9.17) is 25.6 Å². The summed E-state index contributed by atoms with van der Waals surface area (Å²) in [5.74, 6) is 1.98. The van der Waals surface area contributed by atoms with E-state index in [1.54, 1.807) is 25.1 Å². The van der Waals surface area contributed by atoms with Crippen LogP contribution in [0.25, 0.3) is 0 Å². The fraction of sp³-hybridized carbons (Fsp3) is 0.286. The van der Waals surface area contributed by atoms with Gasteiger partial charge in [-0.2, -0.15) is 0 Å². The molecule has 21 heavy (non-hydrogen) atoms. The van der Waals surface area contributed by atoms with Gasteiger partial charge < -0.3 is 19.3 Å². The van der Waals surface area contributed by atoms with Crippen molar-refractivity contribution in [2.24, 2.45) is 0 Å². The summed E-state index contributed by atoms with van der Waals surface area (Å²) in [6, 6.07) is 5.03. The highest BCUT2D eigenvalue weighted by molar-refractivity contribution is 6.31. The number of benzene rings is 1. The van der Waals surface area contributed by atoms with E-state index in [-0.39, 0.29) is 12.3 Å². The van der Waals surface area contributed by atoms with Crippen LogP contribution in [0.1, 0.15) is 11.3 Å². The largest absolute Gasteiger partial charge is 0.486 e. The van der Waals surface area contributed by atoms with Gasteiger partial charge in [-0.15, -0.1) is 0 Å². The first-order chi connectivity index (χ1) is 10.1. The number of amides is 1. The molecule has 6 nitrogen and oxygen atoms in total. The van der Waals surface area contributed by atoms with Gasteiger partial charge in [-0.25, -0.2) is 0 Å². The molecule has 110 valence electrons. The number of aromatic nitrogens is 1. The van der Waals surface area contributed by atoms with Gasteiger partial charge in [-0.1, -0.05) is 16.8 Å². The first-order valence-corrected chi connectivity index (χ1v) is 6.81. The minimum Gasteiger partial charge on any atom is -0.486 e. The molecule has 0 aliphatic carbocycles. The third-order valence-corrected chi connectivity index (χ3v) is 3.31. The van der Waals surface area contributed by atoms with Gasteiger partial charge in [-0.05, 0) is 18.6 Å². The summed E-state index contributed by atoms with van der Waals surface area (Å²) in [5, 5.41) is 6.81. The number of hydrogen-bond acceptors (Lipinski definition) is 5. The van der Waals surface area contributed by atoms with Gasteiger partial charge in [0.25, 0.3) is 0 Å². The lowest BCUT2D eigenvalue weighted by atomic mass is 10.1. The van der Waals surface area contributed by atoms with Crippen LogP contribution in [0.15, 0.2) is 22.7 Å². The van der Waals surface area contributed by atoms with Crippen LogP contribution in [-0.4, -0.2) is 24.3 Å². The van der Waals surface area contributed by atoms with Crippen LogP contribution in [0.4, 0.5) is 5.82 Å². The maximum atomic E-state index is 12.0. The molecule has 0 unspecified atom stereocenters. The number of aryl methyl sites for hydroxylation is 1. The molecule has 0 radical (unpaired) electrons. The molecule has 2 heterocycles. The average Bonchev–Trinajstić information content (AvgIpc) is 2.85. The molecule has 1 aliphatic heterocycles. The summed E-state index contributed by atoms with van der Waals surface area (Å²) in [6.45, 7) is 2.73. The monoisotopic (exact) mass is 308 g/mol. The van der Waals surface area contributed by atoms with Crippen LogP contribution in [0.3, 0.4) is 0 Å². The Morgan fingerprint density at radius 3 is 2.67 bits per heavy atom. The average molecular weight is 309 g/mol. The third-order valence-electron chi connectivity index (χ3n) is 2.96. The molecule has 1 aromatic carbocycles. The number of rotatable bonds is 3. The van der Waals surface area contributed by atoms with Crippen molar-refractivity contribution < 1.29 is 18.8 Å². The number of nitrogens with one attached hydrogen (secondary N) is 1. The molecule has 2 aromatic rings. The Morgan fingerprint density at radius 1 is 1.29 bits per heavy atom.